The van der Waals surface area contributed by atoms with E-state index in [4.69, 9.17) is 16.3 Å². The number of hydrogen-bond donors (Lipinski definition) is 1. The Morgan fingerprint density at radius 1 is 1.25 bits per heavy atom. The standard InChI is InChI=1S/C18H20ClFN2O2/c1-22(2)12-13-4-3-5-15(10-13)21-18(23)8-9-24-17-7-6-14(20)11-16(17)19/h3-7,10-11H,8-9,12H2,1-2H3,(H,21,23). The van der Waals surface area contributed by atoms with Crippen LogP contribution in [-0.4, -0.2) is 31.5 Å². The lowest BCUT2D eigenvalue weighted by Crippen LogP contribution is -2.16. The van der Waals surface area contributed by atoms with Crippen LogP contribution >= 0.6 is 11.6 Å². The zero-order valence-electron chi connectivity index (χ0n) is 13.7. The number of halogens is 2. The Morgan fingerprint density at radius 2 is 2.04 bits per heavy atom. The molecule has 0 saturated heterocycles. The number of hydrogen-bond acceptors (Lipinski definition) is 3. The highest BCUT2D eigenvalue weighted by atomic mass is 35.5. The molecular weight excluding hydrogens is 331 g/mol. The summed E-state index contributed by atoms with van der Waals surface area (Å²) in [6, 6.07) is 11.6. The number of carbonyl (C=O) groups excluding carboxylic acids is 1. The number of nitrogens with one attached hydrogen (secondary N) is 1. The second-order valence-corrected chi connectivity index (χ2v) is 6.07. The SMILES string of the molecule is CN(C)Cc1cccc(NC(=O)CCOc2ccc(F)cc2Cl)c1. The number of nitrogens with zero attached hydrogens (tertiary/aromatic N) is 1. The lowest BCUT2D eigenvalue weighted by Gasteiger charge is -2.12. The molecule has 0 aromatic heterocycles. The van der Waals surface area contributed by atoms with Gasteiger partial charge >= 0.3 is 0 Å². The van der Waals surface area contributed by atoms with Crippen molar-refractivity contribution >= 4 is 23.2 Å². The Bertz CT molecular complexity index is 707. The molecule has 128 valence electrons. The number of benzene rings is 2. The zero-order valence-corrected chi connectivity index (χ0v) is 14.4. The van der Waals surface area contributed by atoms with Crippen molar-refractivity contribution in [1.82, 2.24) is 4.90 Å². The highest BCUT2D eigenvalue weighted by Gasteiger charge is 2.07. The van der Waals surface area contributed by atoms with Crippen LogP contribution in [-0.2, 0) is 11.3 Å². The smallest absolute Gasteiger partial charge is 0.227 e. The topological polar surface area (TPSA) is 41.6 Å². The molecular formula is C18H20ClFN2O2. The van der Waals surface area contributed by atoms with E-state index in [1.54, 1.807) is 0 Å². The third kappa shape index (κ3) is 5.83. The van der Waals surface area contributed by atoms with Crippen molar-refractivity contribution in [1.29, 1.82) is 0 Å². The number of carbonyl (C=O) groups is 1. The maximum Gasteiger partial charge on any atom is 0.227 e. The molecule has 0 bridgehead atoms. The lowest BCUT2D eigenvalue weighted by atomic mass is 10.2. The van der Waals surface area contributed by atoms with E-state index >= 15 is 0 Å². The van der Waals surface area contributed by atoms with Gasteiger partial charge in [0.2, 0.25) is 5.91 Å². The number of anilines is 1. The first-order chi connectivity index (χ1) is 11.4. The van der Waals surface area contributed by atoms with E-state index in [-0.39, 0.29) is 24.0 Å². The van der Waals surface area contributed by atoms with Gasteiger partial charge in [-0.3, -0.25) is 4.79 Å². The van der Waals surface area contributed by atoms with Crippen LogP contribution < -0.4 is 10.1 Å². The summed E-state index contributed by atoms with van der Waals surface area (Å²) in [7, 11) is 3.98. The second kappa shape index (κ2) is 8.66. The molecule has 0 aliphatic rings. The minimum absolute atomic E-state index is 0.157. The fourth-order valence-corrected chi connectivity index (χ4v) is 2.40. The molecule has 0 unspecified atom stereocenters. The Balaban J connectivity index is 1.83. The predicted molar refractivity (Wildman–Crippen MR) is 94.0 cm³/mol. The average Bonchev–Trinajstić information content (AvgIpc) is 2.49. The maximum absolute atomic E-state index is 12.9. The fraction of sp³-hybridized carbons (Fsp3) is 0.278. The second-order valence-electron chi connectivity index (χ2n) is 5.66. The average molecular weight is 351 g/mol. The quantitative estimate of drug-likeness (QED) is 0.822. The predicted octanol–water partition coefficient (Wildman–Crippen LogP) is 3.95. The molecule has 0 heterocycles. The van der Waals surface area contributed by atoms with Gasteiger partial charge in [-0.25, -0.2) is 4.39 Å². The van der Waals surface area contributed by atoms with Crippen molar-refractivity contribution < 1.29 is 13.9 Å². The van der Waals surface area contributed by atoms with Gasteiger partial charge in [0, 0.05) is 12.2 Å². The first kappa shape index (κ1) is 18.2. The highest BCUT2D eigenvalue weighted by molar-refractivity contribution is 6.32. The molecule has 0 aliphatic carbocycles. The Hall–Kier alpha value is -2.11. The van der Waals surface area contributed by atoms with Crippen LogP contribution in [0.5, 0.6) is 5.75 Å². The molecule has 2 rings (SSSR count). The molecule has 2 aromatic carbocycles. The van der Waals surface area contributed by atoms with Crippen molar-refractivity contribution in [2.75, 3.05) is 26.0 Å². The van der Waals surface area contributed by atoms with E-state index in [0.29, 0.717) is 5.75 Å². The Labute approximate surface area is 146 Å². The van der Waals surface area contributed by atoms with Crippen molar-refractivity contribution in [3.8, 4) is 5.75 Å². The van der Waals surface area contributed by atoms with Crippen LogP contribution in [0.15, 0.2) is 42.5 Å². The first-order valence-electron chi connectivity index (χ1n) is 7.55. The van der Waals surface area contributed by atoms with E-state index in [9.17, 15) is 9.18 Å². The normalized spacial score (nSPS) is 10.7. The summed E-state index contributed by atoms with van der Waals surface area (Å²) in [5.74, 6) is -0.225. The molecule has 0 aliphatic heterocycles. The van der Waals surface area contributed by atoms with Crippen LogP contribution in [0.2, 0.25) is 5.02 Å². The third-order valence-corrected chi connectivity index (χ3v) is 3.49. The molecule has 24 heavy (non-hydrogen) atoms. The van der Waals surface area contributed by atoms with E-state index in [1.165, 1.54) is 18.2 Å². The summed E-state index contributed by atoms with van der Waals surface area (Å²) >= 11 is 5.86. The van der Waals surface area contributed by atoms with Crippen LogP contribution in [0.4, 0.5) is 10.1 Å². The summed E-state index contributed by atoms with van der Waals surface area (Å²) < 4.78 is 18.4. The summed E-state index contributed by atoms with van der Waals surface area (Å²) in [6.45, 7) is 0.963. The van der Waals surface area contributed by atoms with E-state index in [2.05, 4.69) is 10.2 Å². The molecule has 6 heteroatoms. The molecule has 1 N–H and O–H groups in total. The lowest BCUT2D eigenvalue weighted by molar-refractivity contribution is -0.116. The number of rotatable bonds is 7. The van der Waals surface area contributed by atoms with Crippen molar-refractivity contribution in [3.05, 3.63) is 58.9 Å². The Morgan fingerprint density at radius 3 is 2.75 bits per heavy atom. The van der Waals surface area contributed by atoms with Crippen LogP contribution in [0.1, 0.15) is 12.0 Å². The molecule has 0 radical (unpaired) electrons. The van der Waals surface area contributed by atoms with E-state index < -0.39 is 5.82 Å². The van der Waals surface area contributed by atoms with Crippen molar-refractivity contribution in [2.45, 2.75) is 13.0 Å². The number of ether oxygens (including phenoxy) is 1. The molecule has 2 aromatic rings. The van der Waals surface area contributed by atoms with Gasteiger partial charge in [0.15, 0.2) is 0 Å². The van der Waals surface area contributed by atoms with Gasteiger partial charge in [-0.05, 0) is 50.0 Å². The minimum Gasteiger partial charge on any atom is -0.491 e. The van der Waals surface area contributed by atoms with Crippen LogP contribution in [0.25, 0.3) is 0 Å². The molecule has 4 nitrogen and oxygen atoms in total. The minimum atomic E-state index is -0.428. The highest BCUT2D eigenvalue weighted by Crippen LogP contribution is 2.24. The van der Waals surface area contributed by atoms with E-state index in [1.807, 2.05) is 38.4 Å². The fourth-order valence-electron chi connectivity index (χ4n) is 2.18. The molecule has 1 amide bonds. The van der Waals surface area contributed by atoms with Crippen molar-refractivity contribution in [2.24, 2.45) is 0 Å². The monoisotopic (exact) mass is 350 g/mol. The molecule has 0 saturated carbocycles. The van der Waals surface area contributed by atoms with E-state index in [0.717, 1.165) is 17.8 Å². The maximum atomic E-state index is 12.9. The molecule has 0 spiro atoms. The van der Waals surface area contributed by atoms with Crippen LogP contribution in [0.3, 0.4) is 0 Å². The summed E-state index contributed by atoms with van der Waals surface area (Å²) in [4.78, 5) is 14.0. The summed E-state index contributed by atoms with van der Waals surface area (Å²) in [5.41, 5.74) is 1.87. The molecule has 0 fully saturated rings. The Kier molecular flexibility index (Phi) is 6.58. The first-order valence-corrected chi connectivity index (χ1v) is 7.93. The van der Waals surface area contributed by atoms with Crippen LogP contribution in [0, 0.1) is 5.82 Å². The van der Waals surface area contributed by atoms with Gasteiger partial charge in [0.05, 0.1) is 18.1 Å². The summed E-state index contributed by atoms with van der Waals surface area (Å²) in [6.07, 6.45) is 0.172. The molecule has 0 atom stereocenters. The summed E-state index contributed by atoms with van der Waals surface area (Å²) in [5, 5.41) is 3.02. The van der Waals surface area contributed by atoms with Crippen molar-refractivity contribution in [3.63, 3.8) is 0 Å². The van der Waals surface area contributed by atoms with Gasteiger partial charge in [0.25, 0.3) is 0 Å². The van der Waals surface area contributed by atoms with Gasteiger partial charge in [-0.15, -0.1) is 0 Å². The van der Waals surface area contributed by atoms with Gasteiger partial charge in [-0.2, -0.15) is 0 Å². The third-order valence-electron chi connectivity index (χ3n) is 3.19. The number of amides is 1. The van der Waals surface area contributed by atoms with Gasteiger partial charge in [0.1, 0.15) is 11.6 Å². The largest absolute Gasteiger partial charge is 0.491 e. The van der Waals surface area contributed by atoms with Gasteiger partial charge in [-0.1, -0.05) is 23.7 Å². The van der Waals surface area contributed by atoms with Gasteiger partial charge < -0.3 is 15.0 Å². The zero-order chi connectivity index (χ0) is 17.5.